The van der Waals surface area contributed by atoms with Gasteiger partial charge in [0.2, 0.25) is 0 Å². The van der Waals surface area contributed by atoms with Crippen LogP contribution < -0.4 is 0 Å². The summed E-state index contributed by atoms with van der Waals surface area (Å²) in [4.78, 5) is 0. The van der Waals surface area contributed by atoms with Crippen molar-refractivity contribution in [2.24, 2.45) is 0 Å². The average Bonchev–Trinajstić information content (AvgIpc) is 3.56. The van der Waals surface area contributed by atoms with Gasteiger partial charge in [0.15, 0.2) is 0 Å². The van der Waals surface area contributed by atoms with Crippen LogP contribution in [0.4, 0.5) is 0 Å². The lowest BCUT2D eigenvalue weighted by Crippen LogP contribution is -1.89. The first kappa shape index (κ1) is 27.0. The van der Waals surface area contributed by atoms with Crippen molar-refractivity contribution in [2.75, 3.05) is 0 Å². The Bertz CT molecular complexity index is 3160. The van der Waals surface area contributed by atoms with E-state index in [9.17, 15) is 0 Å². The molecule has 0 amide bonds. The van der Waals surface area contributed by atoms with E-state index in [1.54, 1.807) is 0 Å². The van der Waals surface area contributed by atoms with Gasteiger partial charge in [0.1, 0.15) is 0 Å². The molecule has 0 bridgehead atoms. The third-order valence-electron chi connectivity index (χ3n) is 10.6. The van der Waals surface area contributed by atoms with Gasteiger partial charge in [0.25, 0.3) is 0 Å². The number of rotatable bonds is 2. The van der Waals surface area contributed by atoms with Crippen LogP contribution in [0.15, 0.2) is 170 Å². The van der Waals surface area contributed by atoms with Gasteiger partial charge in [-0.05, 0) is 93.5 Å². The molecule has 0 saturated heterocycles. The summed E-state index contributed by atoms with van der Waals surface area (Å²) in [5.74, 6) is 0. The molecule has 226 valence electrons. The van der Waals surface area contributed by atoms with Crippen molar-refractivity contribution in [1.29, 1.82) is 0 Å². The molecule has 10 aromatic carbocycles. The smallest absolute Gasteiger partial charge is 0.0434 e. The molecule has 0 aliphatic rings. The summed E-state index contributed by atoms with van der Waals surface area (Å²) in [6.07, 6.45) is 0. The van der Waals surface area contributed by atoms with Gasteiger partial charge in [-0.2, -0.15) is 0 Å². The van der Waals surface area contributed by atoms with Crippen LogP contribution in [-0.4, -0.2) is 0 Å². The number of hydrogen-bond donors (Lipinski definition) is 0. The van der Waals surface area contributed by atoms with Crippen molar-refractivity contribution in [3.05, 3.63) is 170 Å². The number of fused-ring (bicyclic) bond motifs is 15. The molecule has 0 radical (unpaired) electrons. The third kappa shape index (κ3) is 3.79. The van der Waals surface area contributed by atoms with Crippen LogP contribution in [0, 0.1) is 0 Å². The van der Waals surface area contributed by atoms with Crippen LogP contribution in [0.2, 0.25) is 0 Å². The van der Waals surface area contributed by atoms with Crippen molar-refractivity contribution in [1.82, 2.24) is 0 Å². The minimum absolute atomic E-state index is 1.24. The summed E-state index contributed by atoms with van der Waals surface area (Å²) >= 11 is 1.90. The van der Waals surface area contributed by atoms with Crippen LogP contribution in [0.3, 0.4) is 0 Å². The minimum atomic E-state index is 1.24. The van der Waals surface area contributed by atoms with Gasteiger partial charge in [0.05, 0.1) is 0 Å². The second kappa shape index (κ2) is 10.2. The molecule has 11 aromatic rings. The van der Waals surface area contributed by atoms with E-state index in [0.717, 1.165) is 0 Å². The van der Waals surface area contributed by atoms with E-state index in [0.29, 0.717) is 0 Å². The summed E-state index contributed by atoms with van der Waals surface area (Å²) in [6.45, 7) is 0. The Balaban J connectivity index is 1.20. The van der Waals surface area contributed by atoms with Gasteiger partial charge in [-0.25, -0.2) is 0 Å². The van der Waals surface area contributed by atoms with E-state index in [2.05, 4.69) is 170 Å². The lowest BCUT2D eigenvalue weighted by atomic mass is 9.86. The predicted octanol–water partition coefficient (Wildman–Crippen LogP) is 14.3. The van der Waals surface area contributed by atoms with E-state index in [1.807, 2.05) is 11.3 Å². The lowest BCUT2D eigenvalue weighted by Gasteiger charge is -2.17. The zero-order valence-electron chi connectivity index (χ0n) is 26.6. The third-order valence-corrected chi connectivity index (χ3v) is 11.9. The molecule has 0 aliphatic heterocycles. The van der Waals surface area contributed by atoms with Gasteiger partial charge in [-0.3, -0.25) is 0 Å². The molecule has 11 rings (SSSR count). The first-order valence-corrected chi connectivity index (χ1v) is 17.8. The van der Waals surface area contributed by atoms with Crippen molar-refractivity contribution in [3.8, 4) is 22.3 Å². The highest BCUT2D eigenvalue weighted by atomic mass is 32.1. The van der Waals surface area contributed by atoms with Gasteiger partial charge in [-0.1, -0.05) is 158 Å². The van der Waals surface area contributed by atoms with Crippen LogP contribution in [-0.2, 0) is 0 Å². The molecule has 0 nitrogen and oxygen atoms in total. The minimum Gasteiger partial charge on any atom is -0.135 e. The molecular formula is C48H28S. The summed E-state index contributed by atoms with van der Waals surface area (Å²) in [7, 11) is 0. The molecule has 1 aromatic heterocycles. The molecular weight excluding hydrogens is 609 g/mol. The molecule has 49 heavy (non-hydrogen) atoms. The van der Waals surface area contributed by atoms with Gasteiger partial charge in [0, 0.05) is 25.7 Å². The fourth-order valence-corrected chi connectivity index (χ4v) is 9.78. The van der Waals surface area contributed by atoms with Crippen LogP contribution in [0.25, 0.3) is 107 Å². The highest BCUT2D eigenvalue weighted by molar-refractivity contribution is 7.26. The van der Waals surface area contributed by atoms with E-state index < -0.39 is 0 Å². The second-order valence-corrected chi connectivity index (χ2v) is 14.2. The maximum absolute atomic E-state index is 2.44. The van der Waals surface area contributed by atoms with E-state index in [1.165, 1.54) is 107 Å². The largest absolute Gasteiger partial charge is 0.135 e. The Morgan fingerprint density at radius 2 is 0.714 bits per heavy atom. The summed E-state index contributed by atoms with van der Waals surface area (Å²) in [5.41, 5.74) is 5.09. The highest BCUT2D eigenvalue weighted by Gasteiger charge is 2.18. The Morgan fingerprint density at radius 3 is 1.37 bits per heavy atom. The Hall–Kier alpha value is -6.02. The topological polar surface area (TPSA) is 0 Å². The molecule has 0 aliphatic carbocycles. The standard InChI is InChI=1S/C48H28S/c1-4-16-38-33(12-1)34-13-2-5-17-39(34)47-41-27-26-29(28-44(41)36-14-3-6-18-40(36)46(38)47)30-19-9-21-32-31(30)20-10-22-35(32)42-23-11-24-43-37-15-7-8-25-45(37)49-48(42)43/h1-28H. The van der Waals surface area contributed by atoms with Crippen molar-refractivity contribution in [3.63, 3.8) is 0 Å². The fourth-order valence-electron chi connectivity index (χ4n) is 8.55. The monoisotopic (exact) mass is 636 g/mol. The first-order valence-electron chi connectivity index (χ1n) is 16.9. The molecule has 1 heterocycles. The van der Waals surface area contributed by atoms with Gasteiger partial charge >= 0.3 is 0 Å². The maximum atomic E-state index is 2.44. The predicted molar refractivity (Wildman–Crippen MR) is 215 cm³/mol. The zero-order valence-corrected chi connectivity index (χ0v) is 27.4. The maximum Gasteiger partial charge on any atom is 0.0434 e. The molecule has 1 heteroatoms. The first-order chi connectivity index (χ1) is 24.3. The SMILES string of the molecule is c1ccc2c(c1)sc1c(-c3cccc4c(-c5ccc6c(c5)c5ccccc5c5c7ccccc7c7ccccc7c65)cccc34)cccc12. The highest BCUT2D eigenvalue weighted by Crippen LogP contribution is 2.46. The van der Waals surface area contributed by atoms with Crippen molar-refractivity contribution >= 4 is 96.1 Å². The molecule has 0 spiro atoms. The van der Waals surface area contributed by atoms with E-state index >= 15 is 0 Å². The molecule has 0 saturated carbocycles. The average molecular weight is 637 g/mol. The lowest BCUT2D eigenvalue weighted by molar-refractivity contribution is 1.68. The Morgan fingerprint density at radius 1 is 0.265 bits per heavy atom. The van der Waals surface area contributed by atoms with E-state index in [4.69, 9.17) is 0 Å². The zero-order chi connectivity index (χ0) is 32.1. The van der Waals surface area contributed by atoms with Crippen molar-refractivity contribution in [2.45, 2.75) is 0 Å². The number of hydrogen-bond acceptors (Lipinski definition) is 1. The Kier molecular flexibility index (Phi) is 5.64. The fraction of sp³-hybridized carbons (Fsp3) is 0. The quantitative estimate of drug-likeness (QED) is 0.166. The molecule has 0 unspecified atom stereocenters. The molecule has 0 fully saturated rings. The normalized spacial score (nSPS) is 12.1. The van der Waals surface area contributed by atoms with Crippen LogP contribution in [0.1, 0.15) is 0 Å². The van der Waals surface area contributed by atoms with Gasteiger partial charge < -0.3 is 0 Å². The summed E-state index contributed by atoms with van der Waals surface area (Å²) < 4.78 is 2.69. The molecule has 0 N–H and O–H groups in total. The van der Waals surface area contributed by atoms with E-state index in [-0.39, 0.29) is 0 Å². The van der Waals surface area contributed by atoms with Gasteiger partial charge in [-0.15, -0.1) is 11.3 Å². The number of benzene rings is 10. The second-order valence-electron chi connectivity index (χ2n) is 13.1. The summed E-state index contributed by atoms with van der Waals surface area (Å²) in [5, 5.41) is 18.4. The number of thiophene rings is 1. The Labute approximate surface area is 287 Å². The van der Waals surface area contributed by atoms with Crippen molar-refractivity contribution < 1.29 is 0 Å². The van der Waals surface area contributed by atoms with Crippen LogP contribution in [0.5, 0.6) is 0 Å². The molecule has 0 atom stereocenters. The van der Waals surface area contributed by atoms with Crippen LogP contribution >= 0.6 is 11.3 Å². The summed E-state index contributed by atoms with van der Waals surface area (Å²) in [6, 6.07) is 63.1.